The molecule has 2 aliphatic heterocycles. The lowest BCUT2D eigenvalue weighted by molar-refractivity contribution is -0.136. The number of hydrogen-bond acceptors (Lipinski definition) is 4. The van der Waals surface area contributed by atoms with Crippen LogP contribution >= 0.6 is 11.8 Å². The van der Waals surface area contributed by atoms with Crippen LogP contribution in [0.25, 0.3) is 11.8 Å². The molecular weight excluding hydrogens is 422 g/mol. The monoisotopic (exact) mass is 451 g/mol. The van der Waals surface area contributed by atoms with E-state index in [9.17, 15) is 14.4 Å². The molecule has 3 heterocycles. The van der Waals surface area contributed by atoms with Crippen LogP contribution in [0.1, 0.15) is 47.3 Å². The zero-order valence-electron chi connectivity index (χ0n) is 19.1. The van der Waals surface area contributed by atoms with Gasteiger partial charge in [0.1, 0.15) is 6.54 Å². The molecule has 1 aromatic heterocycles. The van der Waals surface area contributed by atoms with E-state index in [1.807, 2.05) is 26.0 Å². The summed E-state index contributed by atoms with van der Waals surface area (Å²) < 4.78 is 2.18. The van der Waals surface area contributed by atoms with Crippen molar-refractivity contribution in [3.8, 4) is 5.69 Å². The minimum Gasteiger partial charge on any atom is -0.341 e. The molecule has 2 aromatic rings. The Morgan fingerprint density at radius 3 is 2.50 bits per heavy atom. The van der Waals surface area contributed by atoms with Crippen molar-refractivity contribution in [2.75, 3.05) is 19.6 Å². The molecule has 7 heteroatoms. The highest BCUT2D eigenvalue weighted by atomic mass is 32.2. The number of rotatable bonds is 4. The summed E-state index contributed by atoms with van der Waals surface area (Å²) in [6.07, 6.45) is 4.85. The predicted molar refractivity (Wildman–Crippen MR) is 128 cm³/mol. The van der Waals surface area contributed by atoms with Crippen LogP contribution in [0.5, 0.6) is 0 Å². The maximum absolute atomic E-state index is 12.9. The number of piperidine rings is 1. The third-order valence-electron chi connectivity index (χ3n) is 6.45. The first-order valence-electron chi connectivity index (χ1n) is 11.1. The predicted octanol–water partition coefficient (Wildman–Crippen LogP) is 4.76. The Hall–Kier alpha value is -2.80. The van der Waals surface area contributed by atoms with Crippen molar-refractivity contribution in [2.45, 2.75) is 47.0 Å². The lowest BCUT2D eigenvalue weighted by Crippen LogP contribution is -2.44. The molecule has 2 saturated heterocycles. The van der Waals surface area contributed by atoms with Crippen LogP contribution in [0.4, 0.5) is 4.79 Å². The minimum absolute atomic E-state index is 0.152. The second kappa shape index (κ2) is 8.98. The molecule has 0 unspecified atom stereocenters. The molecule has 3 amide bonds. The quantitative estimate of drug-likeness (QED) is 0.629. The molecule has 168 valence electrons. The molecule has 2 fully saturated rings. The summed E-state index contributed by atoms with van der Waals surface area (Å²) in [4.78, 5) is 41.2. The number of nitrogens with zero attached hydrogens (tertiary/aromatic N) is 3. The highest BCUT2D eigenvalue weighted by Crippen LogP contribution is 2.34. The number of thioether (sulfide) groups is 1. The van der Waals surface area contributed by atoms with Crippen LogP contribution in [0, 0.1) is 27.7 Å². The third kappa shape index (κ3) is 4.13. The molecule has 0 spiro atoms. The fourth-order valence-electron chi connectivity index (χ4n) is 4.44. The second-order valence-corrected chi connectivity index (χ2v) is 9.58. The third-order valence-corrected chi connectivity index (χ3v) is 7.36. The maximum atomic E-state index is 12.9. The molecule has 2 aliphatic rings. The lowest BCUT2D eigenvalue weighted by Gasteiger charge is -2.27. The molecule has 0 radical (unpaired) electrons. The normalized spacial score (nSPS) is 18.2. The van der Waals surface area contributed by atoms with Crippen LogP contribution in [0.15, 0.2) is 29.2 Å². The van der Waals surface area contributed by atoms with Gasteiger partial charge in [0.2, 0.25) is 5.91 Å². The van der Waals surface area contributed by atoms with Crippen LogP contribution in [-0.2, 0) is 9.59 Å². The molecular formula is C25H29N3O3S. The van der Waals surface area contributed by atoms with Gasteiger partial charge in [-0.25, -0.2) is 0 Å². The lowest BCUT2D eigenvalue weighted by atomic mass is 10.1. The summed E-state index contributed by atoms with van der Waals surface area (Å²) in [5.41, 5.74) is 6.50. The van der Waals surface area contributed by atoms with E-state index < -0.39 is 0 Å². The topological polar surface area (TPSA) is 62.6 Å². The molecule has 32 heavy (non-hydrogen) atoms. The van der Waals surface area contributed by atoms with Gasteiger partial charge in [-0.3, -0.25) is 19.3 Å². The van der Waals surface area contributed by atoms with Crippen molar-refractivity contribution < 1.29 is 14.4 Å². The van der Waals surface area contributed by atoms with Crippen molar-refractivity contribution in [2.24, 2.45) is 0 Å². The fraction of sp³-hybridized carbons (Fsp3) is 0.400. The molecule has 0 saturated carbocycles. The van der Waals surface area contributed by atoms with Gasteiger partial charge < -0.3 is 9.47 Å². The van der Waals surface area contributed by atoms with Crippen LogP contribution < -0.4 is 0 Å². The molecule has 1 aromatic carbocycles. The Kier molecular flexibility index (Phi) is 6.29. The minimum atomic E-state index is -0.387. The van der Waals surface area contributed by atoms with Crippen molar-refractivity contribution in [3.05, 3.63) is 57.2 Å². The average molecular weight is 452 g/mol. The zero-order chi connectivity index (χ0) is 23.0. The van der Waals surface area contributed by atoms with Gasteiger partial charge >= 0.3 is 0 Å². The number of likely N-dealkylation sites (tertiary alicyclic amines) is 1. The van der Waals surface area contributed by atoms with E-state index >= 15 is 0 Å². The first-order chi connectivity index (χ1) is 15.3. The average Bonchev–Trinajstić information content (AvgIpc) is 3.20. The van der Waals surface area contributed by atoms with Gasteiger partial charge in [-0.1, -0.05) is 12.1 Å². The van der Waals surface area contributed by atoms with Gasteiger partial charge in [0.15, 0.2) is 0 Å². The zero-order valence-corrected chi connectivity index (χ0v) is 19.9. The van der Waals surface area contributed by atoms with Crippen LogP contribution in [0.3, 0.4) is 0 Å². The van der Waals surface area contributed by atoms with Crippen molar-refractivity contribution >= 4 is 34.9 Å². The second-order valence-electron chi connectivity index (χ2n) is 8.59. The Balaban J connectivity index is 1.58. The summed E-state index contributed by atoms with van der Waals surface area (Å²) >= 11 is 0.909. The molecule has 4 rings (SSSR count). The molecule has 0 atom stereocenters. The summed E-state index contributed by atoms with van der Waals surface area (Å²) in [5.74, 6) is -0.539. The summed E-state index contributed by atoms with van der Waals surface area (Å²) in [7, 11) is 0. The maximum Gasteiger partial charge on any atom is 0.294 e. The number of amides is 3. The van der Waals surface area contributed by atoms with E-state index in [4.69, 9.17) is 0 Å². The Morgan fingerprint density at radius 1 is 1.06 bits per heavy atom. The number of imide groups is 1. The van der Waals surface area contributed by atoms with Gasteiger partial charge in [0.05, 0.1) is 4.91 Å². The summed E-state index contributed by atoms with van der Waals surface area (Å²) in [6, 6.07) is 8.26. The smallest absolute Gasteiger partial charge is 0.294 e. The van der Waals surface area contributed by atoms with Gasteiger partial charge in [0, 0.05) is 30.2 Å². The largest absolute Gasteiger partial charge is 0.341 e. The summed E-state index contributed by atoms with van der Waals surface area (Å²) in [5, 5.41) is -0.380. The molecule has 0 N–H and O–H groups in total. The Bertz CT molecular complexity index is 1130. The van der Waals surface area contributed by atoms with E-state index in [2.05, 4.69) is 30.5 Å². The van der Waals surface area contributed by atoms with Crippen molar-refractivity contribution in [3.63, 3.8) is 0 Å². The fourth-order valence-corrected chi connectivity index (χ4v) is 5.27. The van der Waals surface area contributed by atoms with E-state index in [-0.39, 0.29) is 23.6 Å². The standard InChI is InChI=1S/C25H29N3O3S/c1-16-9-8-10-21(18(16)3)28-17(2)13-20(19(28)4)14-22-24(30)27(25(31)32-22)15-23(29)26-11-6-5-7-12-26/h8-10,13-14H,5-7,11-12,15H2,1-4H3/b22-14-. The highest BCUT2D eigenvalue weighted by Gasteiger charge is 2.37. The van der Waals surface area contributed by atoms with Crippen LogP contribution in [0.2, 0.25) is 0 Å². The van der Waals surface area contributed by atoms with Gasteiger partial charge in [-0.15, -0.1) is 0 Å². The number of benzene rings is 1. The van der Waals surface area contributed by atoms with Gasteiger partial charge in [-0.05, 0) is 93.6 Å². The highest BCUT2D eigenvalue weighted by molar-refractivity contribution is 8.18. The van der Waals surface area contributed by atoms with E-state index in [1.54, 1.807) is 11.0 Å². The van der Waals surface area contributed by atoms with E-state index in [1.165, 1.54) is 11.1 Å². The number of carbonyl (C=O) groups excluding carboxylic acids is 3. The van der Waals surface area contributed by atoms with Crippen molar-refractivity contribution in [1.29, 1.82) is 0 Å². The first-order valence-corrected chi connectivity index (χ1v) is 11.9. The molecule has 6 nitrogen and oxygen atoms in total. The van der Waals surface area contributed by atoms with Gasteiger partial charge in [-0.2, -0.15) is 0 Å². The SMILES string of the molecule is Cc1cccc(-n2c(C)cc(/C=C3\SC(=O)N(CC(=O)N4CCCCC4)C3=O)c2C)c1C. The first kappa shape index (κ1) is 22.4. The number of aromatic nitrogens is 1. The number of carbonyl (C=O) groups is 3. The van der Waals surface area contributed by atoms with E-state index in [0.29, 0.717) is 18.0 Å². The van der Waals surface area contributed by atoms with Gasteiger partial charge in [0.25, 0.3) is 11.1 Å². The molecule has 0 bridgehead atoms. The Labute approximate surface area is 193 Å². The summed E-state index contributed by atoms with van der Waals surface area (Å²) in [6.45, 7) is 9.48. The number of hydrogen-bond donors (Lipinski definition) is 0. The molecule has 0 aliphatic carbocycles. The van der Waals surface area contributed by atoms with Crippen molar-refractivity contribution in [1.82, 2.24) is 14.4 Å². The van der Waals surface area contributed by atoms with E-state index in [0.717, 1.165) is 58.6 Å². The number of aryl methyl sites for hydroxylation is 2. The Morgan fingerprint density at radius 2 is 1.78 bits per heavy atom. The van der Waals surface area contributed by atoms with Crippen LogP contribution in [-0.4, -0.2) is 51.1 Å².